The molecular weight excluding hydrogens is 671 g/mol. The lowest BCUT2D eigenvalue weighted by Gasteiger charge is -2.48. The Labute approximate surface area is 324 Å². The minimum absolute atomic E-state index is 0.0378. The van der Waals surface area contributed by atoms with Crippen molar-refractivity contribution in [3.63, 3.8) is 0 Å². The summed E-state index contributed by atoms with van der Waals surface area (Å²) in [6.45, 7) is 13.7. The Kier molecular flexibility index (Phi) is 7.38. The van der Waals surface area contributed by atoms with Gasteiger partial charge >= 0.3 is 6.85 Å². The van der Waals surface area contributed by atoms with E-state index in [-0.39, 0.29) is 17.7 Å². The van der Waals surface area contributed by atoms with Crippen LogP contribution in [0.5, 0.6) is 23.0 Å². The predicted octanol–water partition coefficient (Wildman–Crippen LogP) is 12.6. The van der Waals surface area contributed by atoms with Gasteiger partial charge < -0.3 is 19.2 Å². The summed E-state index contributed by atoms with van der Waals surface area (Å²) in [7, 11) is 0. The molecule has 3 aliphatic rings. The molecule has 55 heavy (non-hydrogen) atoms. The number of ether oxygens (including phenoxy) is 2. The van der Waals surface area contributed by atoms with Crippen molar-refractivity contribution in [3.8, 4) is 45.3 Å². The van der Waals surface area contributed by atoms with Gasteiger partial charge in [-0.25, -0.2) is 0 Å². The Morgan fingerprint density at radius 2 is 1.09 bits per heavy atom. The molecule has 0 spiro atoms. The molecule has 10 rings (SSSR count). The zero-order valence-electron chi connectivity index (χ0n) is 32.2. The zero-order chi connectivity index (χ0) is 37.6. The lowest BCUT2D eigenvalue weighted by molar-refractivity contribution is 0.360. The molecule has 268 valence electrons. The maximum atomic E-state index is 6.55. The van der Waals surface area contributed by atoms with Gasteiger partial charge in [0.15, 0.2) is 23.0 Å². The fourth-order valence-corrected chi connectivity index (χ4v) is 8.45. The highest BCUT2D eigenvalue weighted by molar-refractivity contribution is 6.91. The molecule has 0 fully saturated rings. The Morgan fingerprint density at radius 1 is 0.455 bits per heavy atom. The van der Waals surface area contributed by atoms with Gasteiger partial charge in [-0.1, -0.05) is 126 Å². The number of para-hydroxylation sites is 3. The Balaban J connectivity index is 1.29. The molecule has 3 aliphatic heterocycles. The minimum atomic E-state index is -0.158. The first-order valence-corrected chi connectivity index (χ1v) is 19.3. The lowest BCUT2D eigenvalue weighted by atomic mass is 9.45. The van der Waals surface area contributed by atoms with E-state index >= 15 is 0 Å². The second-order valence-corrected chi connectivity index (χ2v) is 17.1. The third-order valence-corrected chi connectivity index (χ3v) is 11.4. The maximum Gasteiger partial charge on any atom is 0.329 e. The average Bonchev–Trinajstić information content (AvgIpc) is 3.19. The van der Waals surface area contributed by atoms with Gasteiger partial charge in [-0.05, 0) is 116 Å². The van der Waals surface area contributed by atoms with Crippen LogP contribution in [0.4, 0.5) is 28.4 Å². The van der Waals surface area contributed by atoms with Crippen LogP contribution in [0.2, 0.25) is 0 Å². The Morgan fingerprint density at radius 3 is 1.80 bits per heavy atom. The number of rotatable bonds is 3. The van der Waals surface area contributed by atoms with Crippen molar-refractivity contribution in [2.24, 2.45) is 0 Å². The SMILES string of the molecule is CC(C)(C)c1ccc2c(c1)N(c1ccccc1)c1cc(C(C)(C)C)cc3c1N2B(c1ccc2c(c1)Oc1ccccc1O2)c1ccc(-c2ccccc2)cc1-3. The summed E-state index contributed by atoms with van der Waals surface area (Å²) in [4.78, 5) is 5.10. The van der Waals surface area contributed by atoms with Gasteiger partial charge in [0, 0.05) is 11.3 Å². The number of anilines is 5. The number of benzene rings is 7. The number of nitrogens with zero attached hydrogens (tertiary/aromatic N) is 2. The summed E-state index contributed by atoms with van der Waals surface area (Å²) in [5.41, 5.74) is 15.6. The van der Waals surface area contributed by atoms with Gasteiger partial charge in [0.2, 0.25) is 0 Å². The van der Waals surface area contributed by atoms with Gasteiger partial charge in [0.05, 0.1) is 22.7 Å². The van der Waals surface area contributed by atoms with E-state index in [0.717, 1.165) is 39.8 Å². The van der Waals surface area contributed by atoms with Gasteiger partial charge in [-0.3, -0.25) is 0 Å². The molecule has 0 saturated heterocycles. The Hall–Kier alpha value is -6.20. The number of hydrogen-bond donors (Lipinski definition) is 0. The summed E-state index contributed by atoms with van der Waals surface area (Å²) in [6, 6.07) is 55.0. The molecule has 0 amide bonds. The molecule has 0 saturated carbocycles. The van der Waals surface area contributed by atoms with Crippen LogP contribution < -0.4 is 30.1 Å². The molecule has 7 aromatic rings. The van der Waals surface area contributed by atoms with Crippen LogP contribution in [0.1, 0.15) is 52.7 Å². The quantitative estimate of drug-likeness (QED) is 0.170. The maximum absolute atomic E-state index is 6.55. The Bertz CT molecular complexity index is 2640. The summed E-state index contributed by atoms with van der Waals surface area (Å²) in [6.07, 6.45) is 0. The molecule has 0 aromatic heterocycles. The summed E-state index contributed by atoms with van der Waals surface area (Å²) < 4.78 is 12.9. The van der Waals surface area contributed by atoms with Crippen LogP contribution in [0, 0.1) is 0 Å². The highest BCUT2D eigenvalue weighted by Gasteiger charge is 2.45. The third-order valence-electron chi connectivity index (χ3n) is 11.4. The summed E-state index contributed by atoms with van der Waals surface area (Å²) in [5, 5.41) is 0. The van der Waals surface area contributed by atoms with E-state index in [9.17, 15) is 0 Å². The second-order valence-electron chi connectivity index (χ2n) is 17.1. The van der Waals surface area contributed by atoms with E-state index in [0.29, 0.717) is 0 Å². The monoisotopic (exact) mass is 714 g/mol. The third kappa shape index (κ3) is 5.44. The van der Waals surface area contributed by atoms with Crippen LogP contribution in [0.3, 0.4) is 0 Å². The topological polar surface area (TPSA) is 24.9 Å². The molecule has 5 heteroatoms. The molecule has 0 aliphatic carbocycles. The van der Waals surface area contributed by atoms with Crippen LogP contribution in [0.25, 0.3) is 22.3 Å². The fourth-order valence-electron chi connectivity index (χ4n) is 8.45. The standard InChI is InChI=1S/C50H43BN2O2/c1-49(2,3)34-22-25-41-42(29-34)52(37-17-11-8-12-18-37)43-30-35(50(4,5)6)28-39-38-27-33(32-15-9-7-10-16-32)21-24-40(38)51(53(41)48(39)43)36-23-26-46-47(31-36)55-45-20-14-13-19-44(45)54-46/h7-31H,1-6H3. The van der Waals surface area contributed by atoms with Gasteiger partial charge in [-0.15, -0.1) is 0 Å². The predicted molar refractivity (Wildman–Crippen MR) is 230 cm³/mol. The first kappa shape index (κ1) is 33.4. The molecular formula is C50H43BN2O2. The molecule has 4 nitrogen and oxygen atoms in total. The van der Waals surface area contributed by atoms with E-state index < -0.39 is 0 Å². The largest absolute Gasteiger partial charge is 0.450 e. The van der Waals surface area contributed by atoms with E-state index in [1.54, 1.807) is 0 Å². The molecule has 0 bridgehead atoms. The molecule has 0 radical (unpaired) electrons. The van der Waals surface area contributed by atoms with Crippen LogP contribution in [0.15, 0.2) is 152 Å². The molecule has 0 unspecified atom stereocenters. The van der Waals surface area contributed by atoms with Crippen LogP contribution in [-0.4, -0.2) is 6.85 Å². The summed E-state index contributed by atoms with van der Waals surface area (Å²) >= 11 is 0. The van der Waals surface area contributed by atoms with Crippen molar-refractivity contribution in [3.05, 3.63) is 163 Å². The summed E-state index contributed by atoms with van der Waals surface area (Å²) in [5.74, 6) is 2.90. The van der Waals surface area contributed by atoms with Crippen LogP contribution >= 0.6 is 0 Å². The highest BCUT2D eigenvalue weighted by atomic mass is 16.6. The average molecular weight is 715 g/mol. The van der Waals surface area contributed by atoms with Crippen molar-refractivity contribution in [1.82, 2.24) is 0 Å². The number of fused-ring (bicyclic) bond motifs is 6. The van der Waals surface area contributed by atoms with Crippen molar-refractivity contribution >= 4 is 46.2 Å². The van der Waals surface area contributed by atoms with Crippen molar-refractivity contribution in [2.75, 3.05) is 9.71 Å². The second kappa shape index (κ2) is 12.2. The first-order chi connectivity index (χ1) is 26.5. The van der Waals surface area contributed by atoms with Crippen molar-refractivity contribution in [2.45, 2.75) is 52.4 Å². The fraction of sp³-hybridized carbons (Fsp3) is 0.160. The zero-order valence-corrected chi connectivity index (χ0v) is 32.2. The van der Waals surface area contributed by atoms with Gasteiger partial charge in [0.25, 0.3) is 0 Å². The van der Waals surface area contributed by atoms with Gasteiger partial charge in [0.1, 0.15) is 0 Å². The van der Waals surface area contributed by atoms with Crippen molar-refractivity contribution < 1.29 is 9.47 Å². The van der Waals surface area contributed by atoms with E-state index in [1.165, 1.54) is 55.9 Å². The molecule has 0 atom stereocenters. The highest BCUT2D eigenvalue weighted by Crippen LogP contribution is 2.58. The van der Waals surface area contributed by atoms with Gasteiger partial charge in [-0.2, -0.15) is 0 Å². The minimum Gasteiger partial charge on any atom is -0.450 e. The molecule has 0 N–H and O–H groups in total. The molecule has 7 aromatic carbocycles. The van der Waals surface area contributed by atoms with E-state index in [4.69, 9.17) is 9.47 Å². The normalized spacial score (nSPS) is 13.8. The lowest BCUT2D eigenvalue weighted by Crippen LogP contribution is -2.58. The van der Waals surface area contributed by atoms with Crippen LogP contribution in [-0.2, 0) is 10.8 Å². The first-order valence-electron chi connectivity index (χ1n) is 19.3. The van der Waals surface area contributed by atoms with E-state index in [2.05, 4.69) is 179 Å². The molecule has 3 heterocycles. The van der Waals surface area contributed by atoms with E-state index in [1.807, 2.05) is 24.3 Å². The number of hydrogen-bond acceptors (Lipinski definition) is 4. The smallest absolute Gasteiger partial charge is 0.329 e. The van der Waals surface area contributed by atoms with Crippen molar-refractivity contribution in [1.29, 1.82) is 0 Å².